The molecule has 0 bridgehead atoms. The average molecular weight is 230 g/mol. The molecule has 0 aliphatic rings. The molecule has 2 rings (SSSR count). The van der Waals surface area contributed by atoms with Gasteiger partial charge in [0.1, 0.15) is 0 Å². The summed E-state index contributed by atoms with van der Waals surface area (Å²) in [4.78, 5) is 10.6. The van der Waals surface area contributed by atoms with Crippen LogP contribution in [0.3, 0.4) is 0 Å². The topological polar surface area (TPSA) is 66.0 Å². The minimum atomic E-state index is -4.60. The number of carboxylic acids is 1. The highest BCUT2D eigenvalue weighted by molar-refractivity contribution is 5.94. The van der Waals surface area contributed by atoms with E-state index in [1.54, 1.807) is 0 Å². The SMILES string of the molecule is O=C(O)c1ccc2[nH]nc(C(F)(F)F)c2c1. The van der Waals surface area contributed by atoms with Gasteiger partial charge in [-0.15, -0.1) is 0 Å². The molecule has 7 heteroatoms. The Morgan fingerprint density at radius 2 is 2.06 bits per heavy atom. The Morgan fingerprint density at radius 3 is 2.62 bits per heavy atom. The van der Waals surface area contributed by atoms with Crippen molar-refractivity contribution in [1.82, 2.24) is 10.2 Å². The fourth-order valence-electron chi connectivity index (χ4n) is 1.36. The van der Waals surface area contributed by atoms with Crippen molar-refractivity contribution in [2.45, 2.75) is 6.18 Å². The molecule has 0 saturated heterocycles. The molecule has 2 N–H and O–H groups in total. The maximum atomic E-state index is 12.5. The van der Waals surface area contributed by atoms with E-state index in [-0.39, 0.29) is 16.5 Å². The fourth-order valence-corrected chi connectivity index (χ4v) is 1.36. The first-order chi connectivity index (χ1) is 7.39. The van der Waals surface area contributed by atoms with Crippen molar-refractivity contribution in [3.05, 3.63) is 29.5 Å². The van der Waals surface area contributed by atoms with Gasteiger partial charge in [-0.1, -0.05) is 0 Å². The van der Waals surface area contributed by atoms with Gasteiger partial charge in [0.25, 0.3) is 0 Å². The fraction of sp³-hybridized carbons (Fsp3) is 0.111. The molecule has 16 heavy (non-hydrogen) atoms. The highest BCUT2D eigenvalue weighted by Gasteiger charge is 2.35. The van der Waals surface area contributed by atoms with E-state index in [2.05, 4.69) is 10.2 Å². The van der Waals surface area contributed by atoms with Gasteiger partial charge >= 0.3 is 12.1 Å². The summed E-state index contributed by atoms with van der Waals surface area (Å²) < 4.78 is 37.4. The first-order valence-electron chi connectivity index (χ1n) is 4.18. The molecule has 0 saturated carbocycles. The van der Waals surface area contributed by atoms with Crippen LogP contribution in [0.15, 0.2) is 18.2 Å². The average Bonchev–Trinajstić information content (AvgIpc) is 2.58. The van der Waals surface area contributed by atoms with E-state index < -0.39 is 17.8 Å². The van der Waals surface area contributed by atoms with Crippen molar-refractivity contribution in [1.29, 1.82) is 0 Å². The molecule has 1 heterocycles. The van der Waals surface area contributed by atoms with Crippen LogP contribution >= 0.6 is 0 Å². The van der Waals surface area contributed by atoms with Gasteiger partial charge in [-0.05, 0) is 18.2 Å². The quantitative estimate of drug-likeness (QED) is 0.789. The lowest BCUT2D eigenvalue weighted by molar-refractivity contribution is -0.139. The van der Waals surface area contributed by atoms with Gasteiger partial charge in [0, 0.05) is 5.39 Å². The number of hydrogen-bond donors (Lipinski definition) is 2. The van der Waals surface area contributed by atoms with Gasteiger partial charge in [0.15, 0.2) is 5.69 Å². The van der Waals surface area contributed by atoms with Gasteiger partial charge in [-0.2, -0.15) is 18.3 Å². The first kappa shape index (κ1) is 10.5. The predicted molar refractivity (Wildman–Crippen MR) is 48.1 cm³/mol. The van der Waals surface area contributed by atoms with Crippen LogP contribution < -0.4 is 0 Å². The zero-order chi connectivity index (χ0) is 11.9. The largest absolute Gasteiger partial charge is 0.478 e. The third kappa shape index (κ3) is 1.60. The molecular formula is C9H5F3N2O2. The van der Waals surface area contributed by atoms with Gasteiger partial charge in [-0.25, -0.2) is 4.79 Å². The Kier molecular flexibility index (Phi) is 2.11. The number of aromatic carboxylic acids is 1. The molecule has 4 nitrogen and oxygen atoms in total. The number of benzene rings is 1. The molecule has 2 aromatic rings. The van der Waals surface area contributed by atoms with Crippen molar-refractivity contribution in [2.24, 2.45) is 0 Å². The second-order valence-electron chi connectivity index (χ2n) is 3.14. The van der Waals surface area contributed by atoms with Gasteiger partial charge < -0.3 is 5.11 Å². The molecule has 0 aliphatic carbocycles. The normalized spacial score (nSPS) is 11.9. The van der Waals surface area contributed by atoms with Crippen LogP contribution in [-0.4, -0.2) is 21.3 Å². The molecule has 0 atom stereocenters. The lowest BCUT2D eigenvalue weighted by Gasteiger charge is -2.02. The number of alkyl halides is 3. The molecule has 0 unspecified atom stereocenters. The zero-order valence-corrected chi connectivity index (χ0v) is 7.67. The smallest absolute Gasteiger partial charge is 0.435 e. The van der Waals surface area contributed by atoms with E-state index >= 15 is 0 Å². The second-order valence-corrected chi connectivity index (χ2v) is 3.14. The van der Waals surface area contributed by atoms with Crippen LogP contribution in [0.4, 0.5) is 13.2 Å². The molecule has 0 radical (unpaired) electrons. The summed E-state index contributed by atoms with van der Waals surface area (Å²) in [6, 6.07) is 3.41. The molecule has 84 valence electrons. The molecule has 0 aliphatic heterocycles. The third-order valence-electron chi connectivity index (χ3n) is 2.08. The van der Waals surface area contributed by atoms with Crippen LogP contribution in [0.2, 0.25) is 0 Å². The lowest BCUT2D eigenvalue weighted by atomic mass is 10.1. The number of nitrogens with zero attached hydrogens (tertiary/aromatic N) is 1. The van der Waals surface area contributed by atoms with Crippen LogP contribution in [0.25, 0.3) is 10.9 Å². The Hall–Kier alpha value is -2.05. The minimum absolute atomic E-state index is 0.150. The Bertz CT molecular complexity index is 559. The van der Waals surface area contributed by atoms with E-state index in [4.69, 9.17) is 5.11 Å². The standard InChI is InChI=1S/C9H5F3N2O2/c10-9(11,12)7-5-3-4(8(15)16)1-2-6(5)13-14-7/h1-3H,(H,13,14)(H,15,16). The van der Waals surface area contributed by atoms with Crippen molar-refractivity contribution in [2.75, 3.05) is 0 Å². The van der Waals surface area contributed by atoms with Crippen LogP contribution in [0.5, 0.6) is 0 Å². The number of H-pyrrole nitrogens is 1. The summed E-state index contributed by atoms with van der Waals surface area (Å²) in [7, 11) is 0. The molecule has 1 aromatic heterocycles. The number of halogens is 3. The number of carbonyl (C=O) groups is 1. The van der Waals surface area contributed by atoms with E-state index in [0.29, 0.717) is 0 Å². The number of carboxylic acid groups (broad SMARTS) is 1. The van der Waals surface area contributed by atoms with Gasteiger partial charge in [-0.3, -0.25) is 5.10 Å². The number of aromatic amines is 1. The van der Waals surface area contributed by atoms with Crippen LogP contribution in [0.1, 0.15) is 16.1 Å². The van der Waals surface area contributed by atoms with Crippen molar-refractivity contribution < 1.29 is 23.1 Å². The second kappa shape index (κ2) is 3.22. The number of aromatic nitrogens is 2. The number of fused-ring (bicyclic) bond motifs is 1. The minimum Gasteiger partial charge on any atom is -0.478 e. The summed E-state index contributed by atoms with van der Waals surface area (Å²) in [5, 5.41) is 13.7. The third-order valence-corrected chi connectivity index (χ3v) is 2.08. The molecule has 0 spiro atoms. The molecule has 0 amide bonds. The lowest BCUT2D eigenvalue weighted by Crippen LogP contribution is -2.06. The number of nitrogens with one attached hydrogen (secondary N) is 1. The Labute approximate surface area is 86.7 Å². The maximum Gasteiger partial charge on any atom is 0.435 e. The number of hydrogen-bond acceptors (Lipinski definition) is 2. The monoisotopic (exact) mass is 230 g/mol. The van der Waals surface area contributed by atoms with Crippen LogP contribution in [-0.2, 0) is 6.18 Å². The summed E-state index contributed by atoms with van der Waals surface area (Å²) in [5.41, 5.74) is -1.16. The molecule has 0 fully saturated rings. The van der Waals surface area contributed by atoms with E-state index in [9.17, 15) is 18.0 Å². The highest BCUT2D eigenvalue weighted by atomic mass is 19.4. The van der Waals surface area contributed by atoms with Crippen molar-refractivity contribution in [3.8, 4) is 0 Å². The van der Waals surface area contributed by atoms with Gasteiger partial charge in [0.05, 0.1) is 11.1 Å². The summed E-state index contributed by atoms with van der Waals surface area (Å²) in [6.07, 6.45) is -4.60. The summed E-state index contributed by atoms with van der Waals surface area (Å²) in [6.45, 7) is 0. The van der Waals surface area contributed by atoms with E-state index in [1.165, 1.54) is 12.1 Å². The van der Waals surface area contributed by atoms with Crippen molar-refractivity contribution in [3.63, 3.8) is 0 Å². The zero-order valence-electron chi connectivity index (χ0n) is 7.67. The predicted octanol–water partition coefficient (Wildman–Crippen LogP) is 2.28. The van der Waals surface area contributed by atoms with Crippen LogP contribution in [0, 0.1) is 0 Å². The summed E-state index contributed by atoms with van der Waals surface area (Å²) in [5.74, 6) is -1.28. The van der Waals surface area contributed by atoms with Crippen molar-refractivity contribution >= 4 is 16.9 Å². The molecule has 1 aromatic carbocycles. The Morgan fingerprint density at radius 1 is 1.38 bits per heavy atom. The van der Waals surface area contributed by atoms with E-state index in [1.807, 2.05) is 0 Å². The first-order valence-corrected chi connectivity index (χ1v) is 4.18. The number of rotatable bonds is 1. The highest BCUT2D eigenvalue weighted by Crippen LogP contribution is 2.33. The van der Waals surface area contributed by atoms with E-state index in [0.717, 1.165) is 6.07 Å². The maximum absolute atomic E-state index is 12.5. The Balaban J connectivity index is 2.70. The van der Waals surface area contributed by atoms with Gasteiger partial charge in [0.2, 0.25) is 0 Å². The summed E-state index contributed by atoms with van der Waals surface area (Å²) >= 11 is 0. The molecular weight excluding hydrogens is 225 g/mol.